The lowest BCUT2D eigenvalue weighted by Crippen LogP contribution is -2.50. The molecule has 0 saturated carbocycles. The minimum absolute atomic E-state index is 0.120. The Balaban J connectivity index is 1.41. The Bertz CT molecular complexity index is 1710. The van der Waals surface area contributed by atoms with E-state index in [9.17, 15) is 4.79 Å². The zero-order valence-corrected chi connectivity index (χ0v) is 23.5. The van der Waals surface area contributed by atoms with Crippen molar-refractivity contribution in [3.05, 3.63) is 86.9 Å². The molecule has 1 aliphatic rings. The van der Waals surface area contributed by atoms with Crippen LogP contribution in [0.2, 0.25) is 10.0 Å². The van der Waals surface area contributed by atoms with E-state index in [0.29, 0.717) is 36.5 Å². The van der Waals surface area contributed by atoms with Crippen LogP contribution < -0.4 is 5.32 Å². The summed E-state index contributed by atoms with van der Waals surface area (Å²) in [5.41, 5.74) is 4.88. The highest BCUT2D eigenvalue weighted by atomic mass is 35.5. The lowest BCUT2D eigenvalue weighted by atomic mass is 9.77. The number of nitrogens with zero attached hydrogens (tertiary/aromatic N) is 8. The summed E-state index contributed by atoms with van der Waals surface area (Å²) >= 11 is 13.3. The van der Waals surface area contributed by atoms with Crippen molar-refractivity contribution >= 4 is 34.6 Å². The molecule has 1 aromatic carbocycles. The van der Waals surface area contributed by atoms with Crippen molar-refractivity contribution in [2.45, 2.75) is 58.5 Å². The van der Waals surface area contributed by atoms with Crippen LogP contribution in [0.25, 0.3) is 11.2 Å². The summed E-state index contributed by atoms with van der Waals surface area (Å²) in [6, 6.07) is 7.58. The highest BCUT2D eigenvalue weighted by molar-refractivity contribution is 6.40. The van der Waals surface area contributed by atoms with Crippen LogP contribution in [0, 0.1) is 13.8 Å². The summed E-state index contributed by atoms with van der Waals surface area (Å²) in [7, 11) is 0. The van der Waals surface area contributed by atoms with E-state index in [1.807, 2.05) is 37.7 Å². The van der Waals surface area contributed by atoms with Crippen molar-refractivity contribution < 1.29 is 4.79 Å². The largest absolute Gasteiger partial charge is 0.340 e. The molecule has 0 saturated heterocycles. The minimum Gasteiger partial charge on any atom is -0.340 e. The molecule has 0 bridgehead atoms. The average Bonchev–Trinajstić information content (AvgIpc) is 3.61. The van der Waals surface area contributed by atoms with Crippen LogP contribution in [0.3, 0.4) is 0 Å². The fourth-order valence-corrected chi connectivity index (χ4v) is 5.81. The monoisotopic (exact) mass is 563 g/mol. The van der Waals surface area contributed by atoms with Crippen LogP contribution in [0.5, 0.6) is 0 Å². The second kappa shape index (κ2) is 9.46. The van der Waals surface area contributed by atoms with Crippen molar-refractivity contribution in [2.24, 2.45) is 0 Å². The first-order chi connectivity index (χ1) is 18.6. The van der Waals surface area contributed by atoms with Crippen LogP contribution in [-0.2, 0) is 18.4 Å². The lowest BCUT2D eigenvalue weighted by molar-refractivity contribution is 0.0883. The maximum Gasteiger partial charge on any atom is 0.255 e. The number of fused-ring (bicyclic) bond motifs is 3. The van der Waals surface area contributed by atoms with Gasteiger partial charge in [0, 0.05) is 24.2 Å². The maximum atomic E-state index is 13.9. The molecule has 4 aromatic heterocycles. The van der Waals surface area contributed by atoms with Crippen LogP contribution in [0.4, 0.5) is 0 Å². The van der Waals surface area contributed by atoms with Crippen molar-refractivity contribution in [2.75, 3.05) is 0 Å². The second-order valence-corrected chi connectivity index (χ2v) is 11.2. The van der Waals surface area contributed by atoms with E-state index in [4.69, 9.17) is 28.3 Å². The first-order valence-corrected chi connectivity index (χ1v) is 13.5. The van der Waals surface area contributed by atoms with Gasteiger partial charge in [-0.1, -0.05) is 34.5 Å². The van der Waals surface area contributed by atoms with Crippen LogP contribution in [0.1, 0.15) is 65.0 Å². The third-order valence-corrected chi connectivity index (χ3v) is 7.83. The highest BCUT2D eigenvalue weighted by Crippen LogP contribution is 2.39. The van der Waals surface area contributed by atoms with Crippen molar-refractivity contribution in [1.82, 2.24) is 44.7 Å². The molecule has 1 aliphatic carbocycles. The Kier molecular flexibility index (Phi) is 6.19. The Hall–Kier alpha value is -3.76. The van der Waals surface area contributed by atoms with Crippen LogP contribution in [-0.4, -0.2) is 45.3 Å². The van der Waals surface area contributed by atoms with Gasteiger partial charge < -0.3 is 5.32 Å². The second-order valence-electron chi connectivity index (χ2n) is 10.4. The predicted octanol–water partition coefficient (Wildman–Crippen LogP) is 4.83. The van der Waals surface area contributed by atoms with Gasteiger partial charge in [-0.25, -0.2) is 18.9 Å². The smallest absolute Gasteiger partial charge is 0.255 e. The van der Waals surface area contributed by atoms with Gasteiger partial charge in [0.05, 0.1) is 44.2 Å². The normalized spacial score (nSPS) is 17.1. The number of carbonyl (C=O) groups excluding carboxylic acids is 1. The molecular weight excluding hydrogens is 537 g/mol. The Morgan fingerprint density at radius 2 is 1.87 bits per heavy atom. The number of benzene rings is 1. The molecule has 39 heavy (non-hydrogen) atoms. The predicted molar refractivity (Wildman–Crippen MR) is 148 cm³/mol. The summed E-state index contributed by atoms with van der Waals surface area (Å²) in [5.74, 6) is 0.223. The van der Waals surface area contributed by atoms with Gasteiger partial charge in [-0.3, -0.25) is 4.79 Å². The van der Waals surface area contributed by atoms with Gasteiger partial charge in [0.1, 0.15) is 17.8 Å². The maximum absolute atomic E-state index is 13.9. The Morgan fingerprint density at radius 1 is 1.10 bits per heavy atom. The molecule has 1 amide bonds. The number of hydrogen-bond donors (Lipinski definition) is 1. The quantitative estimate of drug-likeness (QED) is 0.328. The molecule has 0 aliphatic heterocycles. The standard InChI is InChI=1S/C27H27Cl2N9O/c1-15(2)36-13-24(32-35-36)27(8-7-22-19(11-27)23-6-5-16(3)12-37(23)34-22)31-26(39)25-20(28)9-18(10-21(25)29)38-14-30-17(4)33-38/h5-6,9-10,12-15H,7-8,11H2,1-4H3,(H,31,39)/t27-/m1/s1. The summed E-state index contributed by atoms with van der Waals surface area (Å²) in [6.45, 7) is 7.90. The molecule has 6 rings (SSSR count). The van der Waals surface area contributed by atoms with E-state index in [-0.39, 0.29) is 27.6 Å². The molecule has 0 spiro atoms. The molecule has 0 unspecified atom stereocenters. The molecule has 5 aromatic rings. The number of aromatic nitrogens is 8. The third-order valence-electron chi connectivity index (χ3n) is 7.24. The third kappa shape index (κ3) is 4.47. The molecule has 200 valence electrons. The topological polar surface area (TPSA) is 108 Å². The van der Waals surface area contributed by atoms with E-state index in [2.05, 4.69) is 37.8 Å². The average molecular weight is 564 g/mol. The van der Waals surface area contributed by atoms with E-state index < -0.39 is 5.54 Å². The molecule has 1 atom stereocenters. The number of aryl methyl sites for hydroxylation is 3. The Morgan fingerprint density at radius 3 is 2.54 bits per heavy atom. The van der Waals surface area contributed by atoms with Gasteiger partial charge in [-0.15, -0.1) is 5.10 Å². The van der Waals surface area contributed by atoms with E-state index >= 15 is 0 Å². The van der Waals surface area contributed by atoms with E-state index in [1.165, 1.54) is 0 Å². The Labute approximate surface area is 234 Å². The van der Waals surface area contributed by atoms with Crippen molar-refractivity contribution in [3.8, 4) is 5.69 Å². The summed E-state index contributed by atoms with van der Waals surface area (Å²) in [4.78, 5) is 18.0. The molecule has 4 heterocycles. The van der Waals surface area contributed by atoms with Gasteiger partial charge >= 0.3 is 0 Å². The zero-order valence-electron chi connectivity index (χ0n) is 22.0. The number of hydrogen-bond acceptors (Lipinski definition) is 6. The minimum atomic E-state index is -0.833. The van der Waals surface area contributed by atoms with Crippen LogP contribution in [0.15, 0.2) is 43.0 Å². The molecule has 0 radical (unpaired) electrons. The number of halogens is 2. The van der Waals surface area contributed by atoms with Crippen molar-refractivity contribution in [3.63, 3.8) is 0 Å². The molecule has 0 fully saturated rings. The fraction of sp³-hybridized carbons (Fsp3) is 0.333. The number of pyridine rings is 1. The molecule has 12 heteroatoms. The van der Waals surface area contributed by atoms with Crippen molar-refractivity contribution in [1.29, 1.82) is 0 Å². The molecule has 1 N–H and O–H groups in total. The molecular formula is C27H27Cl2N9O. The van der Waals surface area contributed by atoms with Gasteiger partial charge in [0.2, 0.25) is 0 Å². The van der Waals surface area contributed by atoms with Gasteiger partial charge in [-0.2, -0.15) is 10.2 Å². The molecule has 10 nitrogen and oxygen atoms in total. The summed E-state index contributed by atoms with van der Waals surface area (Å²) < 4.78 is 5.28. The highest BCUT2D eigenvalue weighted by Gasteiger charge is 2.42. The number of rotatable bonds is 5. The SMILES string of the molecule is Cc1ccc2c3c(nn2c1)CC[C@](NC(=O)c1c(Cl)cc(-n2cnc(C)n2)cc1Cl)(c1cn(C(C)C)nn1)C3. The first kappa shape index (κ1) is 25.5. The summed E-state index contributed by atoms with van der Waals surface area (Å²) in [5, 5.41) is 21.7. The van der Waals surface area contributed by atoms with Gasteiger partial charge in [0.25, 0.3) is 5.91 Å². The van der Waals surface area contributed by atoms with Crippen LogP contribution >= 0.6 is 23.2 Å². The van der Waals surface area contributed by atoms with Gasteiger partial charge in [0.15, 0.2) is 0 Å². The first-order valence-electron chi connectivity index (χ1n) is 12.7. The fourth-order valence-electron chi connectivity index (χ4n) is 5.16. The zero-order chi connectivity index (χ0) is 27.5. The number of nitrogens with one attached hydrogen (secondary N) is 1. The van der Waals surface area contributed by atoms with E-state index in [1.54, 1.807) is 34.7 Å². The number of carbonyl (C=O) groups is 1. The summed E-state index contributed by atoms with van der Waals surface area (Å²) in [6.07, 6.45) is 7.25. The van der Waals surface area contributed by atoms with E-state index in [0.717, 1.165) is 22.3 Å². The number of amides is 1. The lowest BCUT2D eigenvalue weighted by Gasteiger charge is -2.36. The van der Waals surface area contributed by atoms with Gasteiger partial charge in [-0.05, 0) is 64.3 Å².